The summed E-state index contributed by atoms with van der Waals surface area (Å²) >= 11 is 1.74. The molecule has 0 atom stereocenters. The number of nitrogens with one attached hydrogen (secondary N) is 1. The van der Waals surface area contributed by atoms with Gasteiger partial charge < -0.3 is 5.32 Å². The summed E-state index contributed by atoms with van der Waals surface area (Å²) in [6.45, 7) is 7.62. The van der Waals surface area contributed by atoms with Crippen LogP contribution >= 0.6 is 11.3 Å². The molecule has 0 bridgehead atoms. The highest BCUT2D eigenvalue weighted by atomic mass is 32.1. The van der Waals surface area contributed by atoms with Crippen molar-refractivity contribution in [2.24, 2.45) is 0 Å². The third kappa shape index (κ3) is 5.20. The second-order valence-corrected chi connectivity index (χ2v) is 5.20. The zero-order chi connectivity index (χ0) is 10.4. The van der Waals surface area contributed by atoms with E-state index in [2.05, 4.69) is 55.1 Å². The summed E-state index contributed by atoms with van der Waals surface area (Å²) in [7, 11) is 0. The van der Waals surface area contributed by atoms with Crippen LogP contribution in [-0.4, -0.2) is 12.1 Å². The van der Waals surface area contributed by atoms with Gasteiger partial charge in [-0.2, -0.15) is 11.3 Å². The Morgan fingerprint density at radius 2 is 2.21 bits per heavy atom. The van der Waals surface area contributed by atoms with Gasteiger partial charge in [0.25, 0.3) is 0 Å². The Morgan fingerprint density at radius 3 is 2.79 bits per heavy atom. The molecule has 1 rings (SSSR count). The molecule has 0 amide bonds. The number of hydrogen-bond donors (Lipinski definition) is 1. The first-order valence-electron chi connectivity index (χ1n) is 5.02. The summed E-state index contributed by atoms with van der Waals surface area (Å²) in [5, 5.41) is 7.72. The van der Waals surface area contributed by atoms with Crippen LogP contribution in [0.3, 0.4) is 0 Å². The molecule has 1 N–H and O–H groups in total. The maximum absolute atomic E-state index is 3.45. The molecule has 1 nitrogen and oxygen atoms in total. The van der Waals surface area contributed by atoms with Gasteiger partial charge in [0.15, 0.2) is 0 Å². The van der Waals surface area contributed by atoms with Gasteiger partial charge in [-0.05, 0) is 56.1 Å². The maximum atomic E-state index is 3.45. The minimum Gasteiger partial charge on any atom is -0.312 e. The minimum atomic E-state index is 0.232. The monoisotopic (exact) mass is 209 g/mol. The second-order valence-electron chi connectivity index (χ2n) is 4.42. The number of rotatable bonds is 4. The molecule has 0 aliphatic heterocycles. The minimum absolute atomic E-state index is 0.232. The first kappa shape index (κ1) is 11.5. The van der Waals surface area contributed by atoms with Gasteiger partial charge >= 0.3 is 0 Å². The topological polar surface area (TPSA) is 12.0 Å². The summed E-state index contributed by atoms with van der Waals surface area (Å²) < 4.78 is 0. The lowest BCUT2D eigenvalue weighted by atomic mass is 10.1. The Balaban J connectivity index is 2.16. The lowest BCUT2D eigenvalue weighted by Gasteiger charge is -2.19. The molecule has 1 aromatic heterocycles. The first-order chi connectivity index (χ1) is 6.58. The molecule has 78 valence electrons. The molecule has 14 heavy (non-hydrogen) atoms. The summed E-state index contributed by atoms with van der Waals surface area (Å²) in [5.41, 5.74) is 1.54. The first-order valence-corrected chi connectivity index (χ1v) is 5.96. The van der Waals surface area contributed by atoms with Crippen molar-refractivity contribution in [3.05, 3.63) is 28.5 Å². The third-order valence-corrected chi connectivity index (χ3v) is 2.52. The van der Waals surface area contributed by atoms with E-state index in [1.165, 1.54) is 5.56 Å². The van der Waals surface area contributed by atoms with Crippen molar-refractivity contribution in [3.63, 3.8) is 0 Å². The molecule has 0 unspecified atom stereocenters. The van der Waals surface area contributed by atoms with Crippen molar-refractivity contribution < 1.29 is 0 Å². The number of thiophene rings is 1. The second kappa shape index (κ2) is 5.32. The van der Waals surface area contributed by atoms with E-state index < -0.39 is 0 Å². The van der Waals surface area contributed by atoms with E-state index >= 15 is 0 Å². The molecule has 0 spiro atoms. The zero-order valence-corrected chi connectivity index (χ0v) is 10.0. The van der Waals surface area contributed by atoms with E-state index in [1.54, 1.807) is 11.3 Å². The summed E-state index contributed by atoms with van der Waals surface area (Å²) in [4.78, 5) is 0. The predicted molar refractivity (Wildman–Crippen MR) is 65.7 cm³/mol. The fourth-order valence-electron chi connectivity index (χ4n) is 1.12. The number of hydrogen-bond acceptors (Lipinski definition) is 2. The fourth-order valence-corrected chi connectivity index (χ4v) is 1.75. The molecule has 0 saturated carbocycles. The highest BCUT2D eigenvalue weighted by Crippen LogP contribution is 2.08. The molecular formula is C12H19NS. The van der Waals surface area contributed by atoms with Gasteiger partial charge in [0.05, 0.1) is 0 Å². The van der Waals surface area contributed by atoms with Gasteiger partial charge in [-0.3, -0.25) is 0 Å². The van der Waals surface area contributed by atoms with Gasteiger partial charge in [-0.15, -0.1) is 0 Å². The quantitative estimate of drug-likeness (QED) is 0.748. The molecular weight excluding hydrogens is 190 g/mol. The molecule has 1 aromatic rings. The van der Waals surface area contributed by atoms with Gasteiger partial charge in [-0.1, -0.05) is 12.2 Å². The summed E-state index contributed by atoms with van der Waals surface area (Å²) in [5.74, 6) is 0. The lowest BCUT2D eigenvalue weighted by molar-refractivity contribution is 0.431. The van der Waals surface area contributed by atoms with Crippen LogP contribution in [0.15, 0.2) is 22.9 Å². The molecule has 0 saturated heterocycles. The highest BCUT2D eigenvalue weighted by molar-refractivity contribution is 7.08. The van der Waals surface area contributed by atoms with Crippen LogP contribution < -0.4 is 5.32 Å². The van der Waals surface area contributed by atoms with Crippen molar-refractivity contribution in [2.75, 3.05) is 6.54 Å². The van der Waals surface area contributed by atoms with Crippen LogP contribution in [0.2, 0.25) is 0 Å². The van der Waals surface area contributed by atoms with Crippen molar-refractivity contribution >= 4 is 17.4 Å². The van der Waals surface area contributed by atoms with Crippen LogP contribution in [0.1, 0.15) is 32.8 Å². The van der Waals surface area contributed by atoms with E-state index in [0.29, 0.717) is 0 Å². The summed E-state index contributed by atoms with van der Waals surface area (Å²) in [6, 6.07) is 2.14. The van der Waals surface area contributed by atoms with Crippen LogP contribution in [0.25, 0.3) is 6.08 Å². The molecule has 0 aliphatic rings. The molecule has 1 heterocycles. The van der Waals surface area contributed by atoms with Gasteiger partial charge in [0.1, 0.15) is 0 Å². The van der Waals surface area contributed by atoms with Gasteiger partial charge in [0, 0.05) is 5.54 Å². The molecule has 0 aromatic carbocycles. The zero-order valence-electron chi connectivity index (χ0n) is 9.21. The van der Waals surface area contributed by atoms with E-state index in [4.69, 9.17) is 0 Å². The Morgan fingerprint density at radius 1 is 1.43 bits per heavy atom. The SMILES string of the molecule is CC(C)(C)NCCC=Cc1ccsc1. The summed E-state index contributed by atoms with van der Waals surface area (Å²) in [6.07, 6.45) is 5.49. The predicted octanol–water partition coefficient (Wildman–Crippen LogP) is 3.54. The van der Waals surface area contributed by atoms with Crippen LogP contribution in [0, 0.1) is 0 Å². The van der Waals surface area contributed by atoms with Crippen molar-refractivity contribution in [1.82, 2.24) is 5.32 Å². The van der Waals surface area contributed by atoms with E-state index in [1.807, 2.05) is 0 Å². The smallest absolute Gasteiger partial charge is 0.00966 e. The largest absolute Gasteiger partial charge is 0.312 e. The Labute approximate surface area is 90.9 Å². The molecule has 0 aliphatic carbocycles. The normalized spacial score (nSPS) is 12.5. The Kier molecular flexibility index (Phi) is 4.36. The molecule has 0 radical (unpaired) electrons. The van der Waals surface area contributed by atoms with Gasteiger partial charge in [-0.25, -0.2) is 0 Å². The highest BCUT2D eigenvalue weighted by Gasteiger charge is 2.05. The Hall–Kier alpha value is -0.600. The average Bonchev–Trinajstić information content (AvgIpc) is 2.54. The van der Waals surface area contributed by atoms with Crippen molar-refractivity contribution in [2.45, 2.75) is 32.7 Å². The van der Waals surface area contributed by atoms with Crippen molar-refractivity contribution in [3.8, 4) is 0 Å². The molecule has 0 fully saturated rings. The van der Waals surface area contributed by atoms with E-state index in [9.17, 15) is 0 Å². The fraction of sp³-hybridized carbons (Fsp3) is 0.500. The van der Waals surface area contributed by atoms with Crippen LogP contribution in [0.5, 0.6) is 0 Å². The average molecular weight is 209 g/mol. The van der Waals surface area contributed by atoms with Gasteiger partial charge in [0.2, 0.25) is 0 Å². The lowest BCUT2D eigenvalue weighted by Crippen LogP contribution is -2.36. The van der Waals surface area contributed by atoms with Crippen molar-refractivity contribution in [1.29, 1.82) is 0 Å². The Bertz CT molecular complexity index is 267. The molecule has 2 heteroatoms. The maximum Gasteiger partial charge on any atom is 0.00966 e. The van der Waals surface area contributed by atoms with E-state index in [0.717, 1.165) is 13.0 Å². The third-order valence-electron chi connectivity index (χ3n) is 1.82. The van der Waals surface area contributed by atoms with Crippen LogP contribution in [0.4, 0.5) is 0 Å². The van der Waals surface area contributed by atoms with E-state index in [-0.39, 0.29) is 5.54 Å². The standard InChI is InChI=1S/C12H19NS/c1-12(2,3)13-8-5-4-6-11-7-9-14-10-11/h4,6-7,9-10,13H,5,8H2,1-3H3. The van der Waals surface area contributed by atoms with Crippen LogP contribution in [-0.2, 0) is 0 Å².